The van der Waals surface area contributed by atoms with Crippen LogP contribution in [0.2, 0.25) is 5.15 Å². The van der Waals surface area contributed by atoms with Crippen molar-refractivity contribution in [3.63, 3.8) is 0 Å². The van der Waals surface area contributed by atoms with E-state index in [0.717, 1.165) is 22.9 Å². The Morgan fingerprint density at radius 2 is 1.74 bits per heavy atom. The fourth-order valence-corrected chi connectivity index (χ4v) is 2.60. The molecule has 1 aromatic carbocycles. The molecule has 3 aromatic rings. The lowest BCUT2D eigenvalue weighted by Crippen LogP contribution is -2.00. The maximum absolute atomic E-state index is 5.95. The molecule has 0 radical (unpaired) electrons. The minimum atomic E-state index is 0.436. The zero-order valence-electron chi connectivity index (χ0n) is 11.0. The largest absolute Gasteiger partial charge is 0.263 e. The molecule has 0 unspecified atom stereocenters. The summed E-state index contributed by atoms with van der Waals surface area (Å²) in [5.41, 5.74) is 4.16. The van der Waals surface area contributed by atoms with E-state index in [1.165, 1.54) is 11.1 Å². The van der Waals surface area contributed by atoms with Crippen LogP contribution in [0.5, 0.6) is 0 Å². The highest BCUT2D eigenvalue weighted by atomic mass is 35.5. The lowest BCUT2D eigenvalue weighted by Gasteiger charge is -2.09. The Balaban J connectivity index is 2.38. The molecule has 0 aliphatic rings. The molecular weight excluding hydrogens is 260 g/mol. The average Bonchev–Trinajstić information content (AvgIpc) is 2.72. The second-order valence-corrected chi connectivity index (χ2v) is 5.00. The van der Waals surface area contributed by atoms with Crippen LogP contribution in [-0.2, 0) is 0 Å². The standard InChI is InChI=1S/C14H13ClN4/c1-8-5-4-6-9(2)13(8)14-18-17-12-7-11(15)16-10(3)19(12)14/h4-7H,1-3H3. The van der Waals surface area contributed by atoms with Gasteiger partial charge in [-0.2, -0.15) is 0 Å². The Morgan fingerprint density at radius 1 is 1.05 bits per heavy atom. The van der Waals surface area contributed by atoms with Gasteiger partial charge in [0.05, 0.1) is 0 Å². The van der Waals surface area contributed by atoms with Crippen LogP contribution in [0.15, 0.2) is 24.3 Å². The van der Waals surface area contributed by atoms with Crippen LogP contribution in [0.4, 0.5) is 0 Å². The highest BCUT2D eigenvalue weighted by Crippen LogP contribution is 2.27. The first kappa shape index (κ1) is 12.1. The third kappa shape index (κ3) is 1.88. The summed E-state index contributed by atoms with van der Waals surface area (Å²) in [6.45, 7) is 6.05. The topological polar surface area (TPSA) is 43.1 Å². The van der Waals surface area contributed by atoms with Gasteiger partial charge in [0.25, 0.3) is 0 Å². The van der Waals surface area contributed by atoms with Gasteiger partial charge in [0, 0.05) is 11.6 Å². The van der Waals surface area contributed by atoms with Crippen LogP contribution in [0.25, 0.3) is 17.0 Å². The molecule has 2 heterocycles. The van der Waals surface area contributed by atoms with Gasteiger partial charge in [-0.05, 0) is 31.9 Å². The molecule has 4 nitrogen and oxygen atoms in total. The van der Waals surface area contributed by atoms with Crippen LogP contribution in [-0.4, -0.2) is 19.6 Å². The van der Waals surface area contributed by atoms with Crippen molar-refractivity contribution >= 4 is 17.2 Å². The number of halogens is 1. The van der Waals surface area contributed by atoms with Crippen molar-refractivity contribution < 1.29 is 0 Å². The SMILES string of the molecule is Cc1cccc(C)c1-c1nnc2cc(Cl)nc(C)n12. The number of aryl methyl sites for hydroxylation is 3. The summed E-state index contributed by atoms with van der Waals surface area (Å²) in [5.74, 6) is 1.59. The molecule has 0 aliphatic carbocycles. The van der Waals surface area contributed by atoms with E-state index < -0.39 is 0 Å². The second-order valence-electron chi connectivity index (χ2n) is 4.61. The Labute approximate surface area is 116 Å². The molecule has 0 saturated heterocycles. The molecule has 0 atom stereocenters. The molecule has 2 aromatic heterocycles. The molecule has 0 spiro atoms. The maximum Gasteiger partial charge on any atom is 0.170 e. The number of benzene rings is 1. The Kier molecular flexibility index (Phi) is 2.75. The van der Waals surface area contributed by atoms with E-state index in [1.807, 2.05) is 17.4 Å². The highest BCUT2D eigenvalue weighted by Gasteiger charge is 2.15. The van der Waals surface area contributed by atoms with E-state index in [-0.39, 0.29) is 0 Å². The van der Waals surface area contributed by atoms with Gasteiger partial charge in [0.2, 0.25) is 0 Å². The summed E-state index contributed by atoms with van der Waals surface area (Å²) in [5, 5.41) is 8.93. The molecule has 5 heteroatoms. The van der Waals surface area contributed by atoms with Crippen molar-refractivity contribution in [2.45, 2.75) is 20.8 Å². The normalized spacial score (nSPS) is 11.2. The highest BCUT2D eigenvalue weighted by molar-refractivity contribution is 6.29. The second kappa shape index (κ2) is 4.31. The average molecular weight is 273 g/mol. The lowest BCUT2D eigenvalue weighted by molar-refractivity contribution is 0.985. The van der Waals surface area contributed by atoms with Crippen LogP contribution in [0.3, 0.4) is 0 Å². The molecule has 96 valence electrons. The monoisotopic (exact) mass is 272 g/mol. The molecule has 0 bridgehead atoms. The minimum Gasteiger partial charge on any atom is -0.263 e. The zero-order valence-corrected chi connectivity index (χ0v) is 11.7. The summed E-state index contributed by atoms with van der Waals surface area (Å²) in [4.78, 5) is 4.27. The van der Waals surface area contributed by atoms with Gasteiger partial charge in [0.15, 0.2) is 11.5 Å². The molecular formula is C14H13ClN4. The minimum absolute atomic E-state index is 0.436. The molecule has 0 aliphatic heterocycles. The van der Waals surface area contributed by atoms with Crippen LogP contribution >= 0.6 is 11.6 Å². The number of aromatic nitrogens is 4. The Hall–Kier alpha value is -1.94. The van der Waals surface area contributed by atoms with Gasteiger partial charge < -0.3 is 0 Å². The Bertz CT molecular complexity index is 756. The van der Waals surface area contributed by atoms with Crippen molar-refractivity contribution in [3.05, 3.63) is 46.4 Å². The predicted molar refractivity (Wildman–Crippen MR) is 75.4 cm³/mol. The summed E-state index contributed by atoms with van der Waals surface area (Å²) < 4.78 is 1.93. The number of rotatable bonds is 1. The molecule has 3 rings (SSSR count). The first-order valence-electron chi connectivity index (χ1n) is 6.03. The number of hydrogen-bond acceptors (Lipinski definition) is 3. The fourth-order valence-electron chi connectivity index (χ4n) is 2.38. The lowest BCUT2D eigenvalue weighted by atomic mass is 10.0. The van der Waals surface area contributed by atoms with E-state index in [9.17, 15) is 0 Å². The maximum atomic E-state index is 5.95. The van der Waals surface area contributed by atoms with Gasteiger partial charge in [-0.3, -0.25) is 4.40 Å². The van der Waals surface area contributed by atoms with Gasteiger partial charge >= 0.3 is 0 Å². The van der Waals surface area contributed by atoms with Crippen molar-refractivity contribution in [1.82, 2.24) is 19.6 Å². The van der Waals surface area contributed by atoms with Gasteiger partial charge in [-0.15, -0.1) is 10.2 Å². The summed E-state index contributed by atoms with van der Waals surface area (Å²) in [6, 6.07) is 7.90. The first-order valence-corrected chi connectivity index (χ1v) is 6.40. The van der Waals surface area contributed by atoms with Crippen molar-refractivity contribution in [1.29, 1.82) is 0 Å². The number of nitrogens with zero attached hydrogens (tertiary/aromatic N) is 4. The van der Waals surface area contributed by atoms with Crippen molar-refractivity contribution in [2.75, 3.05) is 0 Å². The molecule has 0 fully saturated rings. The van der Waals surface area contributed by atoms with Gasteiger partial charge in [0.1, 0.15) is 11.0 Å². The zero-order chi connectivity index (χ0) is 13.6. The number of hydrogen-bond donors (Lipinski definition) is 0. The molecule has 19 heavy (non-hydrogen) atoms. The van der Waals surface area contributed by atoms with Crippen LogP contribution in [0, 0.1) is 20.8 Å². The third-order valence-electron chi connectivity index (χ3n) is 3.23. The van der Waals surface area contributed by atoms with Crippen molar-refractivity contribution in [2.24, 2.45) is 0 Å². The quantitative estimate of drug-likeness (QED) is 0.638. The van der Waals surface area contributed by atoms with E-state index in [1.54, 1.807) is 6.07 Å². The van der Waals surface area contributed by atoms with E-state index in [2.05, 4.69) is 41.2 Å². The number of fused-ring (bicyclic) bond motifs is 1. The van der Waals surface area contributed by atoms with E-state index in [0.29, 0.717) is 5.15 Å². The summed E-state index contributed by atoms with van der Waals surface area (Å²) in [6.07, 6.45) is 0. The Morgan fingerprint density at radius 3 is 2.42 bits per heavy atom. The first-order chi connectivity index (χ1) is 9.08. The third-order valence-corrected chi connectivity index (χ3v) is 3.43. The van der Waals surface area contributed by atoms with Crippen molar-refractivity contribution in [3.8, 4) is 11.4 Å². The van der Waals surface area contributed by atoms with E-state index in [4.69, 9.17) is 11.6 Å². The predicted octanol–water partition coefficient (Wildman–Crippen LogP) is 3.37. The summed E-state index contributed by atoms with van der Waals surface area (Å²) >= 11 is 5.95. The molecule has 0 amide bonds. The van der Waals surface area contributed by atoms with Crippen LogP contribution < -0.4 is 0 Å². The molecule has 0 saturated carbocycles. The van der Waals surface area contributed by atoms with Gasteiger partial charge in [-0.1, -0.05) is 29.8 Å². The van der Waals surface area contributed by atoms with E-state index >= 15 is 0 Å². The van der Waals surface area contributed by atoms with Crippen LogP contribution in [0.1, 0.15) is 17.0 Å². The fraction of sp³-hybridized carbons (Fsp3) is 0.214. The molecule has 0 N–H and O–H groups in total. The smallest absolute Gasteiger partial charge is 0.170 e. The summed E-state index contributed by atoms with van der Waals surface area (Å²) in [7, 11) is 0. The van der Waals surface area contributed by atoms with Gasteiger partial charge in [-0.25, -0.2) is 4.98 Å².